The minimum Gasteiger partial charge on any atom is 0 e. The molecule has 4 heteroatoms. The molecule has 22 valence electrons. The summed E-state index contributed by atoms with van der Waals surface area (Å²) < 4.78 is 0. The Balaban J connectivity index is 0. The van der Waals surface area contributed by atoms with Gasteiger partial charge in [0.1, 0.15) is 0 Å². The van der Waals surface area contributed by atoms with E-state index in [1.807, 2.05) is 0 Å². The Kier molecular flexibility index (Phi) is 97.2. The molecule has 0 nitrogen and oxygen atoms in total. The summed E-state index contributed by atoms with van der Waals surface area (Å²) in [5, 5.41) is 0. The quantitative estimate of drug-likeness (QED) is 0.449. The van der Waals surface area contributed by atoms with Crippen LogP contribution in [0.2, 0.25) is 0 Å². The maximum atomic E-state index is 0. The fourth-order valence-corrected chi connectivity index (χ4v) is 0. The molecule has 0 aliphatic heterocycles. The molecule has 4 heavy (non-hydrogen) atoms. The van der Waals surface area contributed by atoms with Gasteiger partial charge in [0.2, 0.25) is 0 Å². The van der Waals surface area contributed by atoms with Crippen LogP contribution in [0.3, 0.4) is 0 Å². The maximum Gasteiger partial charge on any atom is 0 e. The second kappa shape index (κ2) is 15.8. The first-order valence-electron chi connectivity index (χ1n) is 0. The molecule has 0 aliphatic carbocycles. The summed E-state index contributed by atoms with van der Waals surface area (Å²) in [5.41, 5.74) is 0. The first kappa shape index (κ1) is 24.6. The van der Waals surface area contributed by atoms with Crippen LogP contribution >= 0.6 is 0 Å². The third-order valence-corrected chi connectivity index (χ3v) is 0. The zero-order chi connectivity index (χ0) is 0. The van der Waals surface area contributed by atoms with Crippen LogP contribution in [0.5, 0.6) is 0 Å². The average Bonchev–Trinajstić information content (AvgIpc) is 0. The minimum atomic E-state index is 0. The van der Waals surface area contributed by atoms with Crippen molar-refractivity contribution in [3.8, 4) is 0 Å². The smallest absolute Gasteiger partial charge is 0 e. The van der Waals surface area contributed by atoms with E-state index in [1.54, 1.807) is 0 Å². The van der Waals surface area contributed by atoms with Gasteiger partial charge in [0.15, 0.2) is 0 Å². The fraction of sp³-hybridized carbons (Fsp3) is 0. The van der Waals surface area contributed by atoms with Crippen molar-refractivity contribution in [1.29, 1.82) is 0 Å². The predicted molar refractivity (Wildman–Crippen MR) is 11.5 cm³/mol. The molecular formula is CaCuFeK. The van der Waals surface area contributed by atoms with E-state index in [0.29, 0.717) is 0 Å². The van der Waals surface area contributed by atoms with Crippen LogP contribution in [0.15, 0.2) is 0 Å². The normalized spacial score (nSPS) is 0. The summed E-state index contributed by atoms with van der Waals surface area (Å²) in [6, 6.07) is 0. The van der Waals surface area contributed by atoms with Crippen molar-refractivity contribution in [3.63, 3.8) is 0 Å². The van der Waals surface area contributed by atoms with Crippen LogP contribution in [0.25, 0.3) is 0 Å². The summed E-state index contributed by atoms with van der Waals surface area (Å²) in [6.07, 6.45) is 0. The van der Waals surface area contributed by atoms with Crippen LogP contribution < -0.4 is 0 Å². The van der Waals surface area contributed by atoms with E-state index < -0.39 is 0 Å². The fourth-order valence-electron chi connectivity index (χ4n) is 0. The Morgan fingerprint density at radius 2 is 1.00 bits per heavy atom. The van der Waals surface area contributed by atoms with Crippen LogP contribution in [-0.2, 0) is 34.1 Å². The first-order valence-corrected chi connectivity index (χ1v) is 0. The second-order valence-electron chi connectivity index (χ2n) is 0. The Morgan fingerprint density at radius 3 is 1.00 bits per heavy atom. The molecule has 0 saturated carbocycles. The maximum absolute atomic E-state index is 0. The van der Waals surface area contributed by atoms with Gasteiger partial charge in [0, 0.05) is 123 Å². The van der Waals surface area contributed by atoms with E-state index >= 15 is 0 Å². The van der Waals surface area contributed by atoms with Crippen LogP contribution in [0, 0.1) is 0 Å². The number of hydrogen-bond donors (Lipinski definition) is 0. The van der Waals surface area contributed by atoms with E-state index in [0.717, 1.165) is 0 Å². The zero-order valence-electron chi connectivity index (χ0n) is 2.36. The minimum absolute atomic E-state index is 0. The van der Waals surface area contributed by atoms with Gasteiger partial charge in [-0.1, -0.05) is 0 Å². The third kappa shape index (κ3) is 9.33. The summed E-state index contributed by atoms with van der Waals surface area (Å²) >= 11 is 0. The van der Waals surface area contributed by atoms with E-state index in [9.17, 15) is 0 Å². The SMILES string of the molecule is [Ca].[Cu].[Fe].[K]. The van der Waals surface area contributed by atoms with Gasteiger partial charge in [0.05, 0.1) is 0 Å². The first-order chi connectivity index (χ1) is 0. The summed E-state index contributed by atoms with van der Waals surface area (Å²) in [7, 11) is 0. The third-order valence-electron chi connectivity index (χ3n) is 0. The van der Waals surface area contributed by atoms with Crippen molar-refractivity contribution in [2.75, 3.05) is 0 Å². The zero-order valence-corrected chi connectivity index (χ0v) is 9.74. The van der Waals surface area contributed by atoms with Crippen LogP contribution in [0.1, 0.15) is 0 Å². The molecule has 0 rings (SSSR count). The second-order valence-corrected chi connectivity index (χ2v) is 0. The molecule has 0 unspecified atom stereocenters. The standard InChI is InChI=1S/Ca.Cu.Fe.K. The molecule has 0 N–H and O–H groups in total. The van der Waals surface area contributed by atoms with Gasteiger partial charge < -0.3 is 0 Å². The van der Waals surface area contributed by atoms with E-state index in [1.165, 1.54) is 0 Å². The summed E-state index contributed by atoms with van der Waals surface area (Å²) in [4.78, 5) is 0. The van der Waals surface area contributed by atoms with Crippen molar-refractivity contribution in [1.82, 2.24) is 0 Å². The molecule has 0 heterocycles. The van der Waals surface area contributed by atoms with Gasteiger partial charge in [-0.2, -0.15) is 0 Å². The molecule has 4 radical (unpaired) electrons. The molecule has 0 aromatic heterocycles. The molecule has 0 spiro atoms. The van der Waals surface area contributed by atoms with Crippen molar-refractivity contribution >= 4 is 89.1 Å². The van der Waals surface area contributed by atoms with Gasteiger partial charge in [0.25, 0.3) is 0 Å². The average molecular weight is 199 g/mol. The molecule has 0 bridgehead atoms. The van der Waals surface area contributed by atoms with Gasteiger partial charge >= 0.3 is 0 Å². The molecule has 0 atom stereocenters. The summed E-state index contributed by atoms with van der Waals surface area (Å²) in [5.74, 6) is 0. The Labute approximate surface area is 120 Å². The van der Waals surface area contributed by atoms with Crippen molar-refractivity contribution < 1.29 is 34.1 Å². The predicted octanol–water partition coefficient (Wildman–Crippen LogP) is -0.767. The van der Waals surface area contributed by atoms with Crippen molar-refractivity contribution in [2.45, 2.75) is 0 Å². The summed E-state index contributed by atoms with van der Waals surface area (Å²) in [6.45, 7) is 0. The van der Waals surface area contributed by atoms with Crippen LogP contribution in [0.4, 0.5) is 0 Å². The van der Waals surface area contributed by atoms with E-state index in [-0.39, 0.29) is 123 Å². The van der Waals surface area contributed by atoms with Crippen LogP contribution in [-0.4, -0.2) is 89.1 Å². The monoisotopic (exact) mass is 198 g/mol. The van der Waals surface area contributed by atoms with Gasteiger partial charge in [-0.15, -0.1) is 0 Å². The number of hydrogen-bond acceptors (Lipinski definition) is 0. The molecule has 0 saturated heterocycles. The molecule has 0 aliphatic rings. The van der Waals surface area contributed by atoms with Gasteiger partial charge in [-0.05, 0) is 0 Å². The van der Waals surface area contributed by atoms with Crippen molar-refractivity contribution in [2.24, 2.45) is 0 Å². The van der Waals surface area contributed by atoms with Crippen molar-refractivity contribution in [3.05, 3.63) is 0 Å². The van der Waals surface area contributed by atoms with Gasteiger partial charge in [-0.3, -0.25) is 0 Å². The van der Waals surface area contributed by atoms with E-state index in [4.69, 9.17) is 0 Å². The largest absolute Gasteiger partial charge is 0 e. The number of rotatable bonds is 0. The molecule has 0 amide bonds. The Hall–Kier alpha value is 3.94. The Morgan fingerprint density at radius 1 is 1.00 bits per heavy atom. The molecule has 0 aromatic carbocycles. The van der Waals surface area contributed by atoms with E-state index in [2.05, 4.69) is 0 Å². The molecule has 0 fully saturated rings. The molecular weight excluding hydrogens is 199 g/mol. The topological polar surface area (TPSA) is 0 Å². The Bertz CT molecular complexity index is 8.00. The van der Waals surface area contributed by atoms with Gasteiger partial charge in [-0.25, -0.2) is 0 Å². The molecule has 0 aromatic rings.